The summed E-state index contributed by atoms with van der Waals surface area (Å²) in [5.41, 5.74) is 1.69. The predicted molar refractivity (Wildman–Crippen MR) is 119 cm³/mol. The zero-order valence-electron chi connectivity index (χ0n) is 15.6. The van der Waals surface area contributed by atoms with Crippen LogP contribution in [0.15, 0.2) is 84.9 Å². The van der Waals surface area contributed by atoms with E-state index in [0.29, 0.717) is 0 Å². The largest absolute Gasteiger partial charge is 0.422 e. The quantitative estimate of drug-likeness (QED) is 0.260. The molecule has 0 N–H and O–H groups in total. The first-order valence-corrected chi connectivity index (χ1v) is 9.66. The van der Waals surface area contributed by atoms with E-state index in [2.05, 4.69) is 0 Å². The van der Waals surface area contributed by atoms with E-state index in [0.717, 1.165) is 11.1 Å². The number of hydrogen-bond donors (Lipinski definition) is 0. The van der Waals surface area contributed by atoms with Crippen molar-refractivity contribution < 1.29 is 19.1 Å². The minimum atomic E-state index is -0.635. The molecule has 0 saturated heterocycles. The summed E-state index contributed by atoms with van der Waals surface area (Å²) in [6, 6.07) is 21.2. The first-order valence-electron chi connectivity index (χ1n) is 8.90. The average molecular weight is 439 g/mol. The summed E-state index contributed by atoms with van der Waals surface area (Å²) >= 11 is 12.2. The van der Waals surface area contributed by atoms with Gasteiger partial charge in [-0.15, -0.1) is 0 Å². The van der Waals surface area contributed by atoms with Gasteiger partial charge in [-0.3, -0.25) is 0 Å². The van der Waals surface area contributed by atoms with Gasteiger partial charge in [0.25, 0.3) is 0 Å². The van der Waals surface area contributed by atoms with Gasteiger partial charge in [-0.2, -0.15) is 0 Å². The zero-order valence-corrected chi connectivity index (χ0v) is 17.1. The number of hydrogen-bond acceptors (Lipinski definition) is 4. The Morgan fingerprint density at radius 3 is 1.43 bits per heavy atom. The summed E-state index contributed by atoms with van der Waals surface area (Å²) < 4.78 is 10.5. The highest BCUT2D eigenvalue weighted by molar-refractivity contribution is 6.36. The van der Waals surface area contributed by atoms with Crippen molar-refractivity contribution in [3.8, 4) is 11.5 Å². The second kappa shape index (κ2) is 10.4. The topological polar surface area (TPSA) is 52.6 Å². The third-order valence-corrected chi connectivity index (χ3v) is 4.42. The minimum absolute atomic E-state index is 0.0265. The summed E-state index contributed by atoms with van der Waals surface area (Å²) in [7, 11) is 0. The molecule has 3 rings (SSSR count). The van der Waals surface area contributed by atoms with E-state index in [4.69, 9.17) is 32.7 Å². The molecule has 30 heavy (non-hydrogen) atoms. The molecule has 150 valence electrons. The van der Waals surface area contributed by atoms with Crippen molar-refractivity contribution in [2.45, 2.75) is 0 Å². The third-order valence-electron chi connectivity index (χ3n) is 3.83. The Bertz CT molecular complexity index is 1010. The molecule has 0 aliphatic rings. The van der Waals surface area contributed by atoms with Gasteiger partial charge in [0.15, 0.2) is 11.5 Å². The normalized spacial score (nSPS) is 11.0. The molecule has 0 unspecified atom stereocenters. The number of carbonyl (C=O) groups is 2. The Morgan fingerprint density at radius 2 is 1.03 bits per heavy atom. The lowest BCUT2D eigenvalue weighted by atomic mass is 10.2. The molecule has 3 aromatic carbocycles. The van der Waals surface area contributed by atoms with E-state index in [9.17, 15) is 9.59 Å². The van der Waals surface area contributed by atoms with Crippen LogP contribution < -0.4 is 9.47 Å². The van der Waals surface area contributed by atoms with Gasteiger partial charge in [0.1, 0.15) is 0 Å². The van der Waals surface area contributed by atoms with Crippen LogP contribution >= 0.6 is 23.2 Å². The molecule has 0 aliphatic carbocycles. The van der Waals surface area contributed by atoms with Gasteiger partial charge in [0.2, 0.25) is 0 Å². The maximum Gasteiger partial charge on any atom is 0.336 e. The maximum atomic E-state index is 12.1. The first kappa shape index (κ1) is 21.4. The lowest BCUT2D eigenvalue weighted by Crippen LogP contribution is -2.07. The monoisotopic (exact) mass is 438 g/mol. The number of ether oxygens (including phenoxy) is 2. The first-order chi connectivity index (χ1) is 14.5. The van der Waals surface area contributed by atoms with Crippen LogP contribution in [-0.4, -0.2) is 11.9 Å². The summed E-state index contributed by atoms with van der Waals surface area (Å²) in [4.78, 5) is 24.2. The van der Waals surface area contributed by atoms with E-state index in [1.807, 2.05) is 60.7 Å². The van der Waals surface area contributed by atoms with E-state index in [1.165, 1.54) is 24.3 Å². The molecule has 0 radical (unpaired) electrons. The van der Waals surface area contributed by atoms with Crippen molar-refractivity contribution in [2.75, 3.05) is 0 Å². The van der Waals surface area contributed by atoms with Gasteiger partial charge in [-0.1, -0.05) is 83.9 Å². The second-order valence-electron chi connectivity index (χ2n) is 6.04. The number of carbonyl (C=O) groups excluding carboxylic acids is 2. The molecule has 0 aliphatic heterocycles. The molecule has 0 amide bonds. The number of halogens is 2. The molecule has 0 aromatic heterocycles. The van der Waals surface area contributed by atoms with E-state index in [1.54, 1.807) is 12.2 Å². The molecule has 0 bridgehead atoms. The molecular formula is C24H16Cl2O4. The van der Waals surface area contributed by atoms with Crippen molar-refractivity contribution in [1.29, 1.82) is 0 Å². The highest BCUT2D eigenvalue weighted by Crippen LogP contribution is 2.36. The smallest absolute Gasteiger partial charge is 0.336 e. The Morgan fingerprint density at radius 1 is 0.633 bits per heavy atom. The van der Waals surface area contributed by atoms with E-state index in [-0.39, 0.29) is 21.5 Å². The number of rotatable bonds is 6. The second-order valence-corrected chi connectivity index (χ2v) is 6.86. The summed E-state index contributed by atoms with van der Waals surface area (Å²) in [6.07, 6.45) is 5.77. The molecular weight excluding hydrogens is 423 g/mol. The van der Waals surface area contributed by atoms with Crippen molar-refractivity contribution in [2.24, 2.45) is 0 Å². The van der Waals surface area contributed by atoms with Gasteiger partial charge in [-0.05, 0) is 29.3 Å². The minimum Gasteiger partial charge on any atom is -0.422 e. The van der Waals surface area contributed by atoms with Crippen LogP contribution in [0.5, 0.6) is 11.5 Å². The Labute approximate surface area is 184 Å². The highest BCUT2D eigenvalue weighted by atomic mass is 35.5. The number of esters is 2. The lowest BCUT2D eigenvalue weighted by molar-refractivity contribution is -0.129. The average Bonchev–Trinajstić information content (AvgIpc) is 2.75. The molecule has 0 heterocycles. The lowest BCUT2D eigenvalue weighted by Gasteiger charge is -2.09. The van der Waals surface area contributed by atoms with E-state index < -0.39 is 11.9 Å². The number of benzene rings is 3. The SMILES string of the molecule is O=C(/C=C/c1ccccc1)Oc1cc(OC(=O)/C=C/c2ccccc2)c(Cl)cc1Cl. The molecule has 0 atom stereocenters. The van der Waals surface area contributed by atoms with Crippen LogP contribution in [0.3, 0.4) is 0 Å². The van der Waals surface area contributed by atoms with Gasteiger partial charge in [0.05, 0.1) is 10.0 Å². The molecule has 0 saturated carbocycles. The van der Waals surface area contributed by atoms with Crippen molar-refractivity contribution in [3.63, 3.8) is 0 Å². The molecule has 4 nitrogen and oxygen atoms in total. The van der Waals surface area contributed by atoms with Gasteiger partial charge in [-0.25, -0.2) is 9.59 Å². The van der Waals surface area contributed by atoms with Crippen LogP contribution in [-0.2, 0) is 9.59 Å². The molecule has 0 fully saturated rings. The van der Waals surface area contributed by atoms with E-state index >= 15 is 0 Å². The van der Waals surface area contributed by atoms with Crippen LogP contribution in [0.4, 0.5) is 0 Å². The summed E-state index contributed by atoms with van der Waals surface area (Å²) in [5, 5.41) is 0.224. The molecule has 0 spiro atoms. The summed E-state index contributed by atoms with van der Waals surface area (Å²) in [6.45, 7) is 0. The fourth-order valence-corrected chi connectivity index (χ4v) is 2.87. The van der Waals surface area contributed by atoms with Crippen LogP contribution in [0, 0.1) is 0 Å². The fraction of sp³-hybridized carbons (Fsp3) is 0. The third kappa shape index (κ3) is 6.34. The van der Waals surface area contributed by atoms with Gasteiger partial charge in [0, 0.05) is 18.2 Å². The highest BCUT2D eigenvalue weighted by Gasteiger charge is 2.14. The zero-order chi connectivity index (χ0) is 21.3. The summed E-state index contributed by atoms with van der Waals surface area (Å²) in [5.74, 6) is -1.22. The van der Waals surface area contributed by atoms with Crippen LogP contribution in [0.25, 0.3) is 12.2 Å². The van der Waals surface area contributed by atoms with Crippen molar-refractivity contribution in [1.82, 2.24) is 0 Å². The molecule has 6 heteroatoms. The predicted octanol–water partition coefficient (Wildman–Crippen LogP) is 6.23. The van der Waals surface area contributed by atoms with Crippen LogP contribution in [0.1, 0.15) is 11.1 Å². The standard InChI is InChI=1S/C24H16Cl2O4/c25-19-15-20(26)22(30-24(28)14-12-18-9-5-2-6-10-18)16-21(19)29-23(27)13-11-17-7-3-1-4-8-17/h1-16H/b13-11+,14-12+. The fourth-order valence-electron chi connectivity index (χ4n) is 2.41. The Hall–Kier alpha value is -3.34. The van der Waals surface area contributed by atoms with Gasteiger partial charge >= 0.3 is 11.9 Å². The van der Waals surface area contributed by atoms with Gasteiger partial charge < -0.3 is 9.47 Å². The van der Waals surface area contributed by atoms with Crippen LogP contribution in [0.2, 0.25) is 10.0 Å². The van der Waals surface area contributed by atoms with Crippen molar-refractivity contribution >= 4 is 47.3 Å². The Kier molecular flexibility index (Phi) is 7.44. The molecule has 3 aromatic rings. The van der Waals surface area contributed by atoms with Crippen molar-refractivity contribution in [3.05, 3.63) is 106 Å². The Balaban J connectivity index is 1.69. The maximum absolute atomic E-state index is 12.1.